The molecule has 0 unspecified atom stereocenters. The van der Waals surface area contributed by atoms with Crippen LogP contribution in [0.15, 0.2) is 141 Å². The van der Waals surface area contributed by atoms with Gasteiger partial charge in [0.1, 0.15) is 0 Å². The van der Waals surface area contributed by atoms with E-state index in [0.29, 0.717) is 89.4 Å². The predicted octanol–water partition coefficient (Wildman–Crippen LogP) is 8.31. The zero-order valence-electron chi connectivity index (χ0n) is 32.8. The van der Waals surface area contributed by atoms with Gasteiger partial charge in [0.15, 0.2) is 0 Å². The van der Waals surface area contributed by atoms with E-state index in [-0.39, 0.29) is 36.7 Å². The van der Waals surface area contributed by atoms with E-state index >= 15 is 0 Å². The maximum Gasteiger partial charge on any atom is 2.00 e. The van der Waals surface area contributed by atoms with Gasteiger partial charge in [-0.3, -0.25) is 18.2 Å². The van der Waals surface area contributed by atoms with Gasteiger partial charge in [0.25, 0.3) is 40.5 Å². The summed E-state index contributed by atoms with van der Waals surface area (Å²) in [6, 6.07) is 29.1. The van der Waals surface area contributed by atoms with Crippen molar-refractivity contribution in [2.75, 3.05) is 0 Å². The van der Waals surface area contributed by atoms with Gasteiger partial charge in [0, 0.05) is 44.3 Å². The summed E-state index contributed by atoms with van der Waals surface area (Å²) in [4.78, 5) is 15.6. The molecule has 0 aliphatic carbocycles. The third kappa shape index (κ3) is 8.89. The Hall–Kier alpha value is -6.36. The first kappa shape index (κ1) is 45.2. The minimum Gasteiger partial charge on any atom is -0.354 e. The van der Waals surface area contributed by atoms with Crippen molar-refractivity contribution < 1.29 is 69.0 Å². The van der Waals surface area contributed by atoms with E-state index in [2.05, 4.69) is 9.97 Å². The van der Waals surface area contributed by atoms with E-state index in [9.17, 15) is 51.9 Å². The van der Waals surface area contributed by atoms with Gasteiger partial charge in [0.05, 0.1) is 42.4 Å². The second-order valence-corrected chi connectivity index (χ2v) is 20.2. The Bertz CT molecular complexity index is 3620. The number of benzene rings is 4. The van der Waals surface area contributed by atoms with E-state index in [1.54, 1.807) is 48.6 Å². The molecule has 2 aliphatic heterocycles. The molecule has 9 rings (SSSR count). The monoisotopic (exact) mass is 990 g/mol. The van der Waals surface area contributed by atoms with Gasteiger partial charge in [0.2, 0.25) is 0 Å². The molecule has 0 saturated carbocycles. The Labute approximate surface area is 381 Å². The fraction of sp³-hybridized carbons (Fsp3) is 0. The first-order chi connectivity index (χ1) is 30.2. The van der Waals surface area contributed by atoms with Crippen molar-refractivity contribution in [1.29, 1.82) is 0 Å². The molecule has 3 aromatic heterocycles. The number of H-pyrrole nitrogens is 2. The summed E-state index contributed by atoms with van der Waals surface area (Å²) in [6.07, 6.45) is 6.88. The normalized spacial score (nSPS) is 12.9. The van der Waals surface area contributed by atoms with E-state index in [4.69, 9.17) is 9.97 Å². The summed E-state index contributed by atoms with van der Waals surface area (Å²) >= 11 is 0. The maximum absolute atomic E-state index is 12.0. The van der Waals surface area contributed by atoms with Gasteiger partial charge in [-0.25, -0.2) is 9.97 Å². The van der Waals surface area contributed by atoms with Crippen molar-refractivity contribution in [2.24, 2.45) is 0 Å². The predicted molar refractivity (Wildman–Crippen MR) is 240 cm³/mol. The van der Waals surface area contributed by atoms with Gasteiger partial charge in [-0.2, -0.15) is 33.7 Å². The van der Waals surface area contributed by atoms with Crippen LogP contribution in [0.1, 0.15) is 22.8 Å². The number of fused-ring (bicyclic) bond motifs is 8. The van der Waals surface area contributed by atoms with E-state index < -0.39 is 40.5 Å². The summed E-state index contributed by atoms with van der Waals surface area (Å²) in [5.74, 6) is 0. The van der Waals surface area contributed by atoms with Crippen LogP contribution in [0.2, 0.25) is 0 Å². The van der Waals surface area contributed by atoms with Crippen LogP contribution >= 0.6 is 0 Å². The second-order valence-electron chi connectivity index (χ2n) is 14.5. The number of nitrogens with zero attached hydrogens (tertiary/aromatic N) is 2. The van der Waals surface area contributed by atoms with E-state index in [0.717, 1.165) is 0 Å². The molecule has 16 nitrogen and oxygen atoms in total. The standard InChI is InChI=1S/C44H30N4O12S4.Fe/c49-61(50,51)29-9-1-25(2-10-29)41-33-17-19-35(45-33)42(26-3-11-30(12-4-26)62(52,53)54)37-21-23-39(47-37)44(28-7-15-32(16-8-28)64(58,59)60)40-24-22-38(48-40)43(36-20-18-34(41)46-36)27-5-13-31(14-6-27)63(55,56)57;/h1-24,45-46H,(H,49,50,51)(H,52,53,54)(H,55,56,57)(H,58,59,60);/q;+2. The number of aromatic nitrogens is 4. The van der Waals surface area contributed by atoms with Crippen molar-refractivity contribution >= 4 is 86.8 Å². The van der Waals surface area contributed by atoms with Crippen molar-refractivity contribution in [3.05, 3.63) is 144 Å². The third-order valence-corrected chi connectivity index (χ3v) is 14.0. The van der Waals surface area contributed by atoms with Crippen molar-refractivity contribution in [3.63, 3.8) is 0 Å². The van der Waals surface area contributed by atoms with Crippen molar-refractivity contribution in [1.82, 2.24) is 19.9 Å². The van der Waals surface area contributed by atoms with E-state index in [1.165, 1.54) is 97.1 Å². The van der Waals surface area contributed by atoms with Crippen molar-refractivity contribution in [2.45, 2.75) is 19.6 Å². The molecule has 6 N–H and O–H groups in total. The summed E-state index contributed by atoms with van der Waals surface area (Å²) in [7, 11) is -18.2. The second kappa shape index (κ2) is 16.6. The zero-order valence-corrected chi connectivity index (χ0v) is 37.2. The van der Waals surface area contributed by atoms with Gasteiger partial charge >= 0.3 is 17.1 Å². The van der Waals surface area contributed by atoms with Crippen LogP contribution in [0.3, 0.4) is 0 Å². The number of aromatic amines is 2. The molecule has 2 aliphatic rings. The fourth-order valence-electron chi connectivity index (χ4n) is 7.59. The largest absolute Gasteiger partial charge is 2.00 e. The number of rotatable bonds is 8. The molecule has 5 heterocycles. The van der Waals surface area contributed by atoms with Crippen LogP contribution in [0, 0.1) is 0 Å². The molecule has 21 heteroatoms. The molecule has 0 atom stereocenters. The SMILES string of the molecule is O=S(=O)(O)c1ccc(-c2c3nc(c(-c4ccc(S(=O)(=O)O)cc4)c4ccc([nH]4)c(-c4ccc(S(=O)(=O)O)cc4)c4ccc([nH]4)c(-c4ccc(S(=O)(=O)O)cc4)c4nc2C=C4)C=C3)cc1.[Fe+2]. The first-order valence-corrected chi connectivity index (χ1v) is 24.5. The average Bonchev–Trinajstić information content (AvgIpc) is 4.08. The van der Waals surface area contributed by atoms with Crippen LogP contribution in [-0.2, 0) is 57.5 Å². The quantitative estimate of drug-likeness (QED) is 0.0617. The van der Waals surface area contributed by atoms with Gasteiger partial charge in [-0.05, 0) is 119 Å². The molecule has 8 bridgehead atoms. The Kier molecular flexibility index (Phi) is 11.5. The molecule has 0 amide bonds. The Morgan fingerprint density at radius 3 is 0.785 bits per heavy atom. The molecule has 0 radical (unpaired) electrons. The van der Waals surface area contributed by atoms with Crippen LogP contribution in [0.5, 0.6) is 0 Å². The smallest absolute Gasteiger partial charge is 0.354 e. The molecule has 0 spiro atoms. The third-order valence-electron chi connectivity index (χ3n) is 10.5. The van der Waals surface area contributed by atoms with Crippen LogP contribution < -0.4 is 0 Å². The molecule has 4 aromatic carbocycles. The van der Waals surface area contributed by atoms with Gasteiger partial charge < -0.3 is 9.97 Å². The number of hydrogen-bond donors (Lipinski definition) is 6. The minimum absolute atomic E-state index is 0. The fourth-order valence-corrected chi connectivity index (χ4v) is 9.51. The summed E-state index contributed by atoms with van der Waals surface area (Å²) < 4.78 is 135. The first-order valence-electron chi connectivity index (χ1n) is 18.7. The Morgan fingerprint density at radius 1 is 0.308 bits per heavy atom. The molecular formula is C44H30FeN4O12S4+2. The van der Waals surface area contributed by atoms with Gasteiger partial charge in [-0.15, -0.1) is 0 Å². The molecule has 0 fully saturated rings. The Morgan fingerprint density at radius 2 is 0.523 bits per heavy atom. The summed E-state index contributed by atoms with van der Waals surface area (Å²) in [6.45, 7) is 0. The van der Waals surface area contributed by atoms with Gasteiger partial charge in [-0.1, -0.05) is 48.5 Å². The number of hydrogen-bond acceptors (Lipinski definition) is 10. The summed E-state index contributed by atoms with van der Waals surface area (Å²) in [5, 5.41) is 0. The summed E-state index contributed by atoms with van der Waals surface area (Å²) in [5.41, 5.74) is 7.41. The number of nitrogens with one attached hydrogen (secondary N) is 2. The molecule has 328 valence electrons. The average molecular weight is 991 g/mol. The molecule has 7 aromatic rings. The molecular weight excluding hydrogens is 961 g/mol. The van der Waals surface area contributed by atoms with Crippen molar-refractivity contribution in [3.8, 4) is 44.5 Å². The topological polar surface area (TPSA) is 275 Å². The van der Waals surface area contributed by atoms with Crippen LogP contribution in [0.4, 0.5) is 0 Å². The van der Waals surface area contributed by atoms with E-state index in [1.807, 2.05) is 0 Å². The molecule has 0 saturated heterocycles. The van der Waals surface area contributed by atoms with Crippen LogP contribution in [0.25, 0.3) is 90.9 Å². The van der Waals surface area contributed by atoms with Crippen LogP contribution in [-0.4, -0.2) is 71.8 Å². The minimum atomic E-state index is -4.55. The maximum atomic E-state index is 12.0. The molecule has 65 heavy (non-hydrogen) atoms. The Balaban J connectivity index is 0.00000576. The zero-order chi connectivity index (χ0) is 45.3.